The van der Waals surface area contributed by atoms with Gasteiger partial charge in [0.05, 0.1) is 11.6 Å². The molecule has 1 saturated heterocycles. The van der Waals surface area contributed by atoms with Crippen LogP contribution in [0.4, 0.5) is 4.39 Å². The van der Waals surface area contributed by atoms with Crippen LogP contribution in [0.15, 0.2) is 54.7 Å². The van der Waals surface area contributed by atoms with Crippen molar-refractivity contribution in [2.24, 2.45) is 0 Å². The Kier molecular flexibility index (Phi) is 6.30. The molecule has 1 amide bonds. The van der Waals surface area contributed by atoms with Gasteiger partial charge in [0.2, 0.25) is 5.78 Å². The SMILES string of the molecule is CO[C@H]1CN(C(=O)C(=O)Cc2ccc(Cl)cc2)CC[C@@H]1c1ccnc2ccc(F)cc12. The summed E-state index contributed by atoms with van der Waals surface area (Å²) in [4.78, 5) is 31.2. The summed E-state index contributed by atoms with van der Waals surface area (Å²) in [5.41, 5.74) is 2.40. The third-order valence-corrected chi connectivity index (χ3v) is 6.05. The lowest BCUT2D eigenvalue weighted by molar-refractivity contribution is -0.147. The Hall–Kier alpha value is -2.83. The number of rotatable bonds is 5. The van der Waals surface area contributed by atoms with Crippen LogP contribution in [-0.4, -0.2) is 47.9 Å². The summed E-state index contributed by atoms with van der Waals surface area (Å²) < 4.78 is 19.6. The number of carbonyl (C=O) groups excluding carboxylic acids is 2. The summed E-state index contributed by atoms with van der Waals surface area (Å²) >= 11 is 5.88. The number of pyridine rings is 1. The van der Waals surface area contributed by atoms with E-state index in [4.69, 9.17) is 16.3 Å². The summed E-state index contributed by atoms with van der Waals surface area (Å²) in [5, 5.41) is 1.32. The highest BCUT2D eigenvalue weighted by molar-refractivity contribution is 6.36. The van der Waals surface area contributed by atoms with Crippen molar-refractivity contribution in [1.29, 1.82) is 0 Å². The summed E-state index contributed by atoms with van der Waals surface area (Å²) in [6.45, 7) is 0.723. The largest absolute Gasteiger partial charge is 0.379 e. The Labute approximate surface area is 184 Å². The topological polar surface area (TPSA) is 59.5 Å². The maximum Gasteiger partial charge on any atom is 0.290 e. The molecule has 1 aliphatic rings. The van der Waals surface area contributed by atoms with E-state index in [0.29, 0.717) is 30.0 Å². The van der Waals surface area contributed by atoms with E-state index in [1.54, 1.807) is 48.5 Å². The number of likely N-dealkylation sites (tertiary alicyclic amines) is 1. The predicted molar refractivity (Wildman–Crippen MR) is 117 cm³/mol. The van der Waals surface area contributed by atoms with Crippen LogP contribution in [0.5, 0.6) is 0 Å². The first-order chi connectivity index (χ1) is 15.0. The number of fused-ring (bicyclic) bond motifs is 1. The molecule has 4 rings (SSSR count). The van der Waals surface area contributed by atoms with E-state index in [9.17, 15) is 14.0 Å². The molecule has 3 aromatic rings. The minimum Gasteiger partial charge on any atom is -0.379 e. The Morgan fingerprint density at radius 1 is 1.19 bits per heavy atom. The Balaban J connectivity index is 1.50. The smallest absolute Gasteiger partial charge is 0.290 e. The molecule has 0 unspecified atom stereocenters. The molecule has 5 nitrogen and oxygen atoms in total. The maximum atomic E-state index is 13.9. The molecule has 0 aliphatic carbocycles. The van der Waals surface area contributed by atoms with Crippen LogP contribution < -0.4 is 0 Å². The number of hydrogen-bond donors (Lipinski definition) is 0. The van der Waals surface area contributed by atoms with E-state index in [2.05, 4.69) is 4.98 Å². The number of nitrogens with zero attached hydrogens (tertiary/aromatic N) is 2. The molecular weight excluding hydrogens is 419 g/mol. The van der Waals surface area contributed by atoms with E-state index < -0.39 is 11.7 Å². The number of aromatic nitrogens is 1. The molecule has 2 atom stereocenters. The highest BCUT2D eigenvalue weighted by atomic mass is 35.5. The highest BCUT2D eigenvalue weighted by Crippen LogP contribution is 2.34. The van der Waals surface area contributed by atoms with E-state index in [1.165, 1.54) is 12.1 Å². The molecule has 160 valence electrons. The van der Waals surface area contributed by atoms with Gasteiger partial charge in [-0.2, -0.15) is 0 Å². The van der Waals surface area contributed by atoms with Crippen molar-refractivity contribution in [1.82, 2.24) is 9.88 Å². The van der Waals surface area contributed by atoms with Gasteiger partial charge in [0.15, 0.2) is 0 Å². The highest BCUT2D eigenvalue weighted by Gasteiger charge is 2.35. The molecule has 0 bridgehead atoms. The van der Waals surface area contributed by atoms with Crippen molar-refractivity contribution < 1.29 is 18.7 Å². The summed E-state index contributed by atoms with van der Waals surface area (Å²) in [5.74, 6) is -1.34. The lowest BCUT2D eigenvalue weighted by Gasteiger charge is -2.38. The Bertz CT molecular complexity index is 1120. The number of benzene rings is 2. The number of ether oxygens (including phenoxy) is 1. The van der Waals surface area contributed by atoms with E-state index in [1.807, 2.05) is 6.07 Å². The van der Waals surface area contributed by atoms with Gasteiger partial charge in [-0.15, -0.1) is 0 Å². The minimum absolute atomic E-state index is 0.0296. The molecule has 31 heavy (non-hydrogen) atoms. The van der Waals surface area contributed by atoms with Crippen LogP contribution >= 0.6 is 11.6 Å². The van der Waals surface area contributed by atoms with Gasteiger partial charge in [-0.3, -0.25) is 14.6 Å². The second-order valence-corrected chi connectivity index (χ2v) is 8.14. The van der Waals surface area contributed by atoms with Gasteiger partial charge in [0.1, 0.15) is 5.82 Å². The number of Topliss-reactive ketones (excluding diaryl/α,β-unsaturated/α-hetero) is 1. The normalized spacial score (nSPS) is 18.9. The molecule has 2 aromatic carbocycles. The number of methoxy groups -OCH3 is 1. The first kappa shape index (κ1) is 21.4. The number of hydrogen-bond acceptors (Lipinski definition) is 4. The fraction of sp³-hybridized carbons (Fsp3) is 0.292. The van der Waals surface area contributed by atoms with Gasteiger partial charge < -0.3 is 9.64 Å². The molecule has 0 N–H and O–H groups in total. The predicted octanol–water partition coefficient (Wildman–Crippen LogP) is 4.17. The molecule has 0 spiro atoms. The second-order valence-electron chi connectivity index (χ2n) is 7.71. The average Bonchev–Trinajstić information content (AvgIpc) is 2.79. The van der Waals surface area contributed by atoms with Crippen LogP contribution in [0.1, 0.15) is 23.5 Å². The van der Waals surface area contributed by atoms with Gasteiger partial charge in [0.25, 0.3) is 5.91 Å². The molecule has 2 heterocycles. The Morgan fingerprint density at radius 3 is 2.71 bits per heavy atom. The van der Waals surface area contributed by atoms with Crippen molar-refractivity contribution >= 4 is 34.2 Å². The Morgan fingerprint density at radius 2 is 1.97 bits per heavy atom. The molecule has 0 saturated carbocycles. The van der Waals surface area contributed by atoms with E-state index in [0.717, 1.165) is 16.5 Å². The summed E-state index contributed by atoms with van der Waals surface area (Å²) in [6.07, 6.45) is 2.03. The second kappa shape index (κ2) is 9.12. The average molecular weight is 441 g/mol. The molecule has 1 aromatic heterocycles. The zero-order valence-electron chi connectivity index (χ0n) is 17.1. The lowest BCUT2D eigenvalue weighted by Crippen LogP contribution is -2.49. The summed E-state index contributed by atoms with van der Waals surface area (Å²) in [7, 11) is 1.59. The maximum absolute atomic E-state index is 13.9. The molecule has 1 fully saturated rings. The standard InChI is InChI=1S/C24H22ClFN2O3/c1-31-23-14-28(24(30)22(29)12-15-2-4-16(25)5-3-15)11-9-19(23)18-8-10-27-21-7-6-17(26)13-20(18)21/h2-8,10,13,19,23H,9,11-12,14H2,1H3/t19-,23+/m1/s1. The fourth-order valence-electron chi connectivity index (χ4n) is 4.20. The van der Waals surface area contributed by atoms with Crippen LogP contribution in [0.2, 0.25) is 5.02 Å². The van der Waals surface area contributed by atoms with Crippen LogP contribution in [-0.2, 0) is 20.7 Å². The van der Waals surface area contributed by atoms with E-state index >= 15 is 0 Å². The third-order valence-electron chi connectivity index (χ3n) is 5.80. The van der Waals surface area contributed by atoms with E-state index in [-0.39, 0.29) is 24.3 Å². The van der Waals surface area contributed by atoms with Crippen molar-refractivity contribution in [3.05, 3.63) is 76.7 Å². The van der Waals surface area contributed by atoms with Gasteiger partial charge in [0, 0.05) is 49.1 Å². The van der Waals surface area contributed by atoms with Crippen LogP contribution in [0.3, 0.4) is 0 Å². The number of ketones is 1. The number of carbonyl (C=O) groups is 2. The molecule has 0 radical (unpaired) electrons. The van der Waals surface area contributed by atoms with Crippen LogP contribution in [0.25, 0.3) is 10.9 Å². The zero-order chi connectivity index (χ0) is 22.0. The first-order valence-corrected chi connectivity index (χ1v) is 10.5. The quantitative estimate of drug-likeness (QED) is 0.559. The zero-order valence-corrected chi connectivity index (χ0v) is 17.8. The van der Waals surface area contributed by atoms with Gasteiger partial charge in [-0.1, -0.05) is 23.7 Å². The lowest BCUT2D eigenvalue weighted by atomic mass is 9.85. The number of halogens is 2. The monoisotopic (exact) mass is 440 g/mol. The molecule has 7 heteroatoms. The third kappa shape index (κ3) is 4.60. The number of piperidine rings is 1. The first-order valence-electron chi connectivity index (χ1n) is 10.1. The van der Waals surface area contributed by atoms with Crippen molar-refractivity contribution in [3.8, 4) is 0 Å². The summed E-state index contributed by atoms with van der Waals surface area (Å²) in [6, 6.07) is 13.3. The van der Waals surface area contributed by atoms with Crippen molar-refractivity contribution in [2.75, 3.05) is 20.2 Å². The van der Waals surface area contributed by atoms with Gasteiger partial charge in [-0.25, -0.2) is 4.39 Å². The van der Waals surface area contributed by atoms with Crippen molar-refractivity contribution in [2.45, 2.75) is 24.9 Å². The van der Waals surface area contributed by atoms with Crippen LogP contribution in [0, 0.1) is 5.82 Å². The van der Waals surface area contributed by atoms with Gasteiger partial charge >= 0.3 is 0 Å². The molecular formula is C24H22ClFN2O3. The fourth-order valence-corrected chi connectivity index (χ4v) is 4.32. The van der Waals surface area contributed by atoms with Gasteiger partial charge in [-0.05, 0) is 53.9 Å². The van der Waals surface area contributed by atoms with Crippen molar-refractivity contribution in [3.63, 3.8) is 0 Å². The molecule has 1 aliphatic heterocycles. The minimum atomic E-state index is -0.513. The number of amides is 1.